The molecular weight excluding hydrogens is 308 g/mol. The van der Waals surface area contributed by atoms with Crippen LogP contribution in [0.3, 0.4) is 0 Å². The van der Waals surface area contributed by atoms with Gasteiger partial charge < -0.3 is 10.6 Å². The van der Waals surface area contributed by atoms with Crippen LogP contribution in [0.5, 0.6) is 0 Å². The van der Waals surface area contributed by atoms with Gasteiger partial charge in [-0.25, -0.2) is 0 Å². The number of amides is 2. The second-order valence-electron chi connectivity index (χ2n) is 5.70. The molecule has 0 aliphatic heterocycles. The summed E-state index contributed by atoms with van der Waals surface area (Å²) >= 11 is 0. The molecule has 0 fully saturated rings. The van der Waals surface area contributed by atoms with Gasteiger partial charge in [0.1, 0.15) is 5.69 Å². The molecule has 24 heavy (non-hydrogen) atoms. The number of hydrogen-bond acceptors (Lipinski definition) is 4. The first-order valence-electron chi connectivity index (χ1n) is 8.01. The molecule has 0 radical (unpaired) electrons. The first kappa shape index (κ1) is 17.7. The standard InChI is InChI=1S/C16H24N6O2/c1-12-11-13(2)22(20-12)10-4-7-17-15(23)6-8-18-16(24)14-5-9-19-21(14)3/h5,9,11H,4,6-8,10H2,1-3H3,(H,17,23)(H,18,24). The molecule has 0 saturated heterocycles. The Balaban J connectivity index is 1.59. The Morgan fingerprint density at radius 2 is 2.00 bits per heavy atom. The van der Waals surface area contributed by atoms with Crippen LogP contribution in [-0.2, 0) is 18.4 Å². The van der Waals surface area contributed by atoms with E-state index in [1.54, 1.807) is 19.3 Å². The summed E-state index contributed by atoms with van der Waals surface area (Å²) in [6.07, 6.45) is 2.63. The summed E-state index contributed by atoms with van der Waals surface area (Å²) in [7, 11) is 1.70. The number of nitrogens with one attached hydrogen (secondary N) is 2. The van der Waals surface area contributed by atoms with Crippen LogP contribution < -0.4 is 10.6 Å². The van der Waals surface area contributed by atoms with E-state index < -0.39 is 0 Å². The minimum absolute atomic E-state index is 0.0753. The molecule has 2 rings (SSSR count). The SMILES string of the molecule is Cc1cc(C)n(CCCNC(=O)CCNC(=O)c2ccnn2C)n1. The van der Waals surface area contributed by atoms with Crippen molar-refractivity contribution in [3.05, 3.63) is 35.4 Å². The lowest BCUT2D eigenvalue weighted by atomic mass is 10.3. The molecule has 8 heteroatoms. The number of carbonyl (C=O) groups is 2. The largest absolute Gasteiger partial charge is 0.356 e. The molecule has 0 aliphatic carbocycles. The molecule has 2 heterocycles. The average Bonchev–Trinajstić information content (AvgIpc) is 3.09. The van der Waals surface area contributed by atoms with Gasteiger partial charge in [-0.15, -0.1) is 0 Å². The maximum atomic E-state index is 11.8. The smallest absolute Gasteiger partial charge is 0.269 e. The summed E-state index contributed by atoms with van der Waals surface area (Å²) < 4.78 is 3.43. The van der Waals surface area contributed by atoms with Crippen molar-refractivity contribution >= 4 is 11.8 Å². The predicted octanol–water partition coefficient (Wildman–Crippen LogP) is 0.560. The van der Waals surface area contributed by atoms with Crippen molar-refractivity contribution in [2.45, 2.75) is 33.2 Å². The van der Waals surface area contributed by atoms with Crippen molar-refractivity contribution in [3.63, 3.8) is 0 Å². The number of carbonyl (C=O) groups excluding carboxylic acids is 2. The third kappa shape index (κ3) is 4.94. The number of aromatic nitrogens is 4. The minimum Gasteiger partial charge on any atom is -0.356 e. The fourth-order valence-corrected chi connectivity index (χ4v) is 2.42. The van der Waals surface area contributed by atoms with E-state index in [0.29, 0.717) is 18.8 Å². The van der Waals surface area contributed by atoms with Crippen molar-refractivity contribution in [1.82, 2.24) is 30.2 Å². The molecule has 0 atom stereocenters. The Bertz CT molecular complexity index is 703. The van der Waals surface area contributed by atoms with E-state index in [4.69, 9.17) is 0 Å². The topological polar surface area (TPSA) is 93.8 Å². The van der Waals surface area contributed by atoms with Crippen LogP contribution in [0.25, 0.3) is 0 Å². The maximum Gasteiger partial charge on any atom is 0.269 e. The summed E-state index contributed by atoms with van der Waals surface area (Å²) in [5.74, 6) is -0.305. The van der Waals surface area contributed by atoms with E-state index in [-0.39, 0.29) is 18.2 Å². The third-order valence-electron chi connectivity index (χ3n) is 3.66. The highest BCUT2D eigenvalue weighted by atomic mass is 16.2. The van der Waals surface area contributed by atoms with Gasteiger partial charge in [0.25, 0.3) is 5.91 Å². The zero-order valence-electron chi connectivity index (χ0n) is 14.4. The molecule has 8 nitrogen and oxygen atoms in total. The first-order valence-corrected chi connectivity index (χ1v) is 8.01. The van der Waals surface area contributed by atoms with E-state index in [1.165, 1.54) is 4.68 Å². The summed E-state index contributed by atoms with van der Waals surface area (Å²) in [5, 5.41) is 13.9. The average molecular weight is 332 g/mol. The van der Waals surface area contributed by atoms with Gasteiger partial charge >= 0.3 is 0 Å². The third-order valence-corrected chi connectivity index (χ3v) is 3.66. The van der Waals surface area contributed by atoms with Gasteiger partial charge in [-0.1, -0.05) is 0 Å². The lowest BCUT2D eigenvalue weighted by molar-refractivity contribution is -0.120. The van der Waals surface area contributed by atoms with Gasteiger partial charge in [-0.2, -0.15) is 10.2 Å². The summed E-state index contributed by atoms with van der Waals surface area (Å²) in [5.41, 5.74) is 2.60. The highest BCUT2D eigenvalue weighted by molar-refractivity contribution is 5.92. The lowest BCUT2D eigenvalue weighted by Gasteiger charge is -2.08. The van der Waals surface area contributed by atoms with Crippen molar-refractivity contribution in [2.75, 3.05) is 13.1 Å². The molecule has 0 aliphatic rings. The molecule has 0 saturated carbocycles. The zero-order chi connectivity index (χ0) is 17.5. The summed E-state index contributed by atoms with van der Waals surface area (Å²) in [4.78, 5) is 23.6. The molecule has 0 aromatic carbocycles. The highest BCUT2D eigenvalue weighted by Crippen LogP contribution is 2.02. The molecular formula is C16H24N6O2. The van der Waals surface area contributed by atoms with Crippen LogP contribution >= 0.6 is 0 Å². The van der Waals surface area contributed by atoms with Crippen molar-refractivity contribution < 1.29 is 9.59 Å². The molecule has 2 aromatic rings. The summed E-state index contributed by atoms with van der Waals surface area (Å²) in [6.45, 7) is 5.64. The Kier molecular flexibility index (Phi) is 6.11. The number of aryl methyl sites for hydroxylation is 4. The highest BCUT2D eigenvalue weighted by Gasteiger charge is 2.09. The zero-order valence-corrected chi connectivity index (χ0v) is 14.4. The van der Waals surface area contributed by atoms with Crippen LogP contribution in [0.15, 0.2) is 18.3 Å². The molecule has 2 aromatic heterocycles. The quantitative estimate of drug-likeness (QED) is 0.691. The second-order valence-corrected chi connectivity index (χ2v) is 5.70. The van der Waals surface area contributed by atoms with E-state index in [0.717, 1.165) is 24.4 Å². The second kappa shape index (κ2) is 8.28. The van der Waals surface area contributed by atoms with Gasteiger partial charge in [-0.3, -0.25) is 19.0 Å². The van der Waals surface area contributed by atoms with Crippen LogP contribution in [-0.4, -0.2) is 44.5 Å². The molecule has 2 amide bonds. The monoisotopic (exact) mass is 332 g/mol. The van der Waals surface area contributed by atoms with E-state index in [2.05, 4.69) is 20.8 Å². The van der Waals surface area contributed by atoms with Gasteiger partial charge in [-0.05, 0) is 32.4 Å². The van der Waals surface area contributed by atoms with Crippen LogP contribution in [0, 0.1) is 13.8 Å². The van der Waals surface area contributed by atoms with E-state index in [9.17, 15) is 9.59 Å². The van der Waals surface area contributed by atoms with Crippen molar-refractivity contribution in [2.24, 2.45) is 7.05 Å². The Hall–Kier alpha value is -2.64. The number of rotatable bonds is 8. The minimum atomic E-state index is -0.229. The molecule has 0 unspecified atom stereocenters. The Labute approximate surface area is 141 Å². The maximum absolute atomic E-state index is 11.8. The van der Waals surface area contributed by atoms with Gasteiger partial charge in [0, 0.05) is 45.0 Å². The molecule has 0 bridgehead atoms. The fraction of sp³-hybridized carbons (Fsp3) is 0.500. The van der Waals surface area contributed by atoms with Gasteiger partial charge in [0.2, 0.25) is 5.91 Å². The van der Waals surface area contributed by atoms with Crippen molar-refractivity contribution in [1.29, 1.82) is 0 Å². The molecule has 0 spiro atoms. The number of hydrogen-bond donors (Lipinski definition) is 2. The van der Waals surface area contributed by atoms with Crippen molar-refractivity contribution in [3.8, 4) is 0 Å². The molecule has 2 N–H and O–H groups in total. The molecule has 130 valence electrons. The van der Waals surface area contributed by atoms with Crippen LogP contribution in [0.4, 0.5) is 0 Å². The first-order chi connectivity index (χ1) is 11.5. The normalized spacial score (nSPS) is 10.6. The number of nitrogens with zero attached hydrogens (tertiary/aromatic N) is 4. The van der Waals surface area contributed by atoms with Crippen LogP contribution in [0.2, 0.25) is 0 Å². The lowest BCUT2D eigenvalue weighted by Crippen LogP contribution is -2.32. The Morgan fingerprint density at radius 3 is 2.62 bits per heavy atom. The van der Waals surface area contributed by atoms with E-state index >= 15 is 0 Å². The van der Waals surface area contributed by atoms with Gasteiger partial charge in [0.15, 0.2) is 0 Å². The Morgan fingerprint density at radius 1 is 1.21 bits per heavy atom. The summed E-state index contributed by atoms with van der Waals surface area (Å²) in [6, 6.07) is 3.66. The van der Waals surface area contributed by atoms with Gasteiger partial charge in [0.05, 0.1) is 5.69 Å². The van der Waals surface area contributed by atoms with E-state index in [1.807, 2.05) is 24.6 Å². The fourth-order valence-electron chi connectivity index (χ4n) is 2.42. The predicted molar refractivity (Wildman–Crippen MR) is 89.5 cm³/mol. The van der Waals surface area contributed by atoms with Crippen LogP contribution in [0.1, 0.15) is 34.7 Å².